The number of ether oxygens (including phenoxy) is 1. The van der Waals surface area contributed by atoms with Crippen molar-refractivity contribution in [3.63, 3.8) is 0 Å². The van der Waals surface area contributed by atoms with Gasteiger partial charge in [0.25, 0.3) is 0 Å². The lowest BCUT2D eigenvalue weighted by Gasteiger charge is -2.24. The van der Waals surface area contributed by atoms with Crippen molar-refractivity contribution < 1.29 is 18.7 Å². The summed E-state index contributed by atoms with van der Waals surface area (Å²) in [6.45, 7) is 8.94. The van der Waals surface area contributed by atoms with Gasteiger partial charge in [0.2, 0.25) is 5.91 Å². The van der Waals surface area contributed by atoms with Crippen LogP contribution in [0, 0.1) is 11.7 Å². The number of fused-ring (bicyclic) bond motifs is 1. The predicted octanol–water partition coefficient (Wildman–Crippen LogP) is 3.85. The van der Waals surface area contributed by atoms with Crippen LogP contribution in [-0.4, -0.2) is 17.6 Å². The van der Waals surface area contributed by atoms with Gasteiger partial charge in [-0.05, 0) is 50.5 Å². The fraction of sp³-hybridized carbons (Fsp3) is 0.500. The summed E-state index contributed by atoms with van der Waals surface area (Å²) in [6.07, 6.45) is -0.719. The van der Waals surface area contributed by atoms with Gasteiger partial charge in [-0.1, -0.05) is 13.8 Å². The maximum absolute atomic E-state index is 13.5. The van der Waals surface area contributed by atoms with Crippen LogP contribution in [0.3, 0.4) is 0 Å². The molecule has 0 aromatic heterocycles. The normalized spacial score (nSPS) is 18.1. The van der Waals surface area contributed by atoms with Crippen molar-refractivity contribution in [3.05, 3.63) is 29.6 Å². The molecule has 4 nitrogen and oxygen atoms in total. The third kappa shape index (κ3) is 2.91. The first-order valence-corrected chi connectivity index (χ1v) is 6.98. The van der Waals surface area contributed by atoms with Gasteiger partial charge in [0, 0.05) is 0 Å². The summed E-state index contributed by atoms with van der Waals surface area (Å²) in [4.78, 5) is 25.8. The average molecular weight is 293 g/mol. The number of halogens is 1. The van der Waals surface area contributed by atoms with Crippen molar-refractivity contribution in [2.24, 2.45) is 5.92 Å². The van der Waals surface area contributed by atoms with Crippen molar-refractivity contribution in [2.75, 3.05) is 4.90 Å². The van der Waals surface area contributed by atoms with E-state index in [1.807, 2.05) is 13.8 Å². The maximum Gasteiger partial charge on any atom is 0.421 e. The molecular formula is C16H20FNO3. The van der Waals surface area contributed by atoms with Gasteiger partial charge in [0.1, 0.15) is 11.4 Å². The lowest BCUT2D eigenvalue weighted by atomic mass is 9.90. The highest BCUT2D eigenvalue weighted by Crippen LogP contribution is 2.42. The summed E-state index contributed by atoms with van der Waals surface area (Å²) in [5, 5.41) is 0. The van der Waals surface area contributed by atoms with Crippen LogP contribution in [0.4, 0.5) is 14.9 Å². The molecule has 1 unspecified atom stereocenters. The van der Waals surface area contributed by atoms with Gasteiger partial charge in [-0.2, -0.15) is 0 Å². The Bertz CT molecular complexity index is 590. The number of nitrogens with zero attached hydrogens (tertiary/aromatic N) is 1. The standard InChI is InChI=1S/C16H20FNO3/c1-9(2)13-11-8-10(17)6-7-12(11)18(14(13)19)15(20)21-16(3,4)5/h6-9,13H,1-5H3. The van der Waals surface area contributed by atoms with E-state index in [-0.39, 0.29) is 11.8 Å². The second kappa shape index (κ2) is 5.13. The number of hydrogen-bond acceptors (Lipinski definition) is 3. The van der Waals surface area contributed by atoms with E-state index in [0.29, 0.717) is 11.3 Å². The van der Waals surface area contributed by atoms with Crippen LogP contribution in [0.25, 0.3) is 0 Å². The summed E-state index contributed by atoms with van der Waals surface area (Å²) in [7, 11) is 0. The third-order valence-electron chi connectivity index (χ3n) is 3.29. The first kappa shape index (κ1) is 15.5. The molecule has 0 aliphatic carbocycles. The lowest BCUT2D eigenvalue weighted by Crippen LogP contribution is -2.40. The van der Waals surface area contributed by atoms with E-state index in [2.05, 4.69) is 0 Å². The zero-order chi connectivity index (χ0) is 15.9. The second-order valence-electron chi connectivity index (χ2n) is 6.58. The van der Waals surface area contributed by atoms with Gasteiger partial charge in [0.15, 0.2) is 0 Å². The molecule has 1 heterocycles. The van der Waals surface area contributed by atoms with Gasteiger partial charge in [0.05, 0.1) is 11.6 Å². The Labute approximate surface area is 123 Å². The fourth-order valence-electron chi connectivity index (χ4n) is 2.51. The molecule has 2 amide bonds. The van der Waals surface area contributed by atoms with Gasteiger partial charge >= 0.3 is 6.09 Å². The minimum atomic E-state index is -0.719. The summed E-state index contributed by atoms with van der Waals surface area (Å²) in [5.41, 5.74) is 0.253. The molecule has 1 aliphatic heterocycles. The monoisotopic (exact) mass is 293 g/mol. The van der Waals surface area contributed by atoms with Gasteiger partial charge in [-0.25, -0.2) is 14.1 Å². The van der Waals surface area contributed by atoms with E-state index in [9.17, 15) is 14.0 Å². The molecular weight excluding hydrogens is 273 g/mol. The Balaban J connectivity index is 2.45. The van der Waals surface area contributed by atoms with E-state index in [1.165, 1.54) is 18.2 Å². The van der Waals surface area contributed by atoms with Crippen molar-refractivity contribution in [1.29, 1.82) is 0 Å². The Morgan fingerprint density at radius 2 is 1.95 bits per heavy atom. The van der Waals surface area contributed by atoms with Gasteiger partial charge in [-0.3, -0.25) is 4.79 Å². The number of hydrogen-bond donors (Lipinski definition) is 0. The van der Waals surface area contributed by atoms with Gasteiger partial charge in [-0.15, -0.1) is 0 Å². The Morgan fingerprint density at radius 3 is 2.48 bits per heavy atom. The molecule has 21 heavy (non-hydrogen) atoms. The Morgan fingerprint density at radius 1 is 1.33 bits per heavy atom. The van der Waals surface area contributed by atoms with Crippen LogP contribution in [0.2, 0.25) is 0 Å². The van der Waals surface area contributed by atoms with Crippen LogP contribution in [0.1, 0.15) is 46.1 Å². The number of carbonyl (C=O) groups is 2. The average Bonchev–Trinajstić information content (AvgIpc) is 2.57. The quantitative estimate of drug-likeness (QED) is 0.790. The lowest BCUT2D eigenvalue weighted by molar-refractivity contribution is -0.119. The number of carbonyl (C=O) groups excluding carboxylic acids is 2. The van der Waals surface area contributed by atoms with E-state index in [1.54, 1.807) is 20.8 Å². The zero-order valence-electron chi connectivity index (χ0n) is 12.9. The van der Waals surface area contributed by atoms with E-state index < -0.39 is 23.4 Å². The van der Waals surface area contributed by atoms with Crippen molar-refractivity contribution >= 4 is 17.7 Å². The third-order valence-corrected chi connectivity index (χ3v) is 3.29. The van der Waals surface area contributed by atoms with Crippen LogP contribution in [-0.2, 0) is 9.53 Å². The summed E-state index contributed by atoms with van der Waals surface area (Å²) in [5.74, 6) is -1.34. The molecule has 5 heteroatoms. The summed E-state index contributed by atoms with van der Waals surface area (Å²) >= 11 is 0. The minimum absolute atomic E-state index is 0.0366. The molecule has 0 radical (unpaired) electrons. The Kier molecular flexibility index (Phi) is 3.78. The molecule has 1 aromatic rings. The molecule has 0 saturated carbocycles. The van der Waals surface area contributed by atoms with Crippen molar-refractivity contribution in [3.8, 4) is 0 Å². The molecule has 1 aliphatic rings. The first-order valence-electron chi connectivity index (χ1n) is 6.98. The molecule has 2 rings (SSSR count). The smallest absolute Gasteiger partial charge is 0.421 e. The molecule has 0 bridgehead atoms. The summed E-state index contributed by atoms with van der Waals surface area (Å²) in [6, 6.07) is 4.02. The van der Waals surface area contributed by atoms with Crippen molar-refractivity contribution in [2.45, 2.75) is 46.1 Å². The van der Waals surface area contributed by atoms with E-state index in [4.69, 9.17) is 4.74 Å². The number of benzene rings is 1. The highest BCUT2D eigenvalue weighted by molar-refractivity contribution is 6.19. The second-order valence-corrected chi connectivity index (χ2v) is 6.58. The van der Waals surface area contributed by atoms with Crippen LogP contribution in [0.5, 0.6) is 0 Å². The molecule has 1 atom stereocenters. The molecule has 1 aromatic carbocycles. The Hall–Kier alpha value is -1.91. The number of rotatable bonds is 1. The van der Waals surface area contributed by atoms with E-state index >= 15 is 0 Å². The van der Waals surface area contributed by atoms with E-state index in [0.717, 1.165) is 4.90 Å². The predicted molar refractivity (Wildman–Crippen MR) is 77.7 cm³/mol. The topological polar surface area (TPSA) is 46.6 Å². The van der Waals surface area contributed by atoms with Crippen LogP contribution in [0.15, 0.2) is 18.2 Å². The SMILES string of the molecule is CC(C)C1C(=O)N(C(=O)OC(C)(C)C)c2ccc(F)cc21. The number of imide groups is 1. The largest absolute Gasteiger partial charge is 0.443 e. The molecule has 0 fully saturated rings. The molecule has 0 N–H and O–H groups in total. The zero-order valence-corrected chi connectivity index (χ0v) is 12.9. The van der Waals surface area contributed by atoms with Crippen LogP contribution >= 0.6 is 0 Å². The number of anilines is 1. The fourth-order valence-corrected chi connectivity index (χ4v) is 2.51. The van der Waals surface area contributed by atoms with Crippen molar-refractivity contribution in [1.82, 2.24) is 0 Å². The molecule has 0 spiro atoms. The van der Waals surface area contributed by atoms with Crippen LogP contribution < -0.4 is 4.90 Å². The highest BCUT2D eigenvalue weighted by Gasteiger charge is 2.43. The molecule has 114 valence electrons. The molecule has 0 saturated heterocycles. The summed E-state index contributed by atoms with van der Waals surface area (Å²) < 4.78 is 18.8. The first-order chi connectivity index (χ1) is 9.61. The highest BCUT2D eigenvalue weighted by atomic mass is 19.1. The number of amides is 2. The minimum Gasteiger partial charge on any atom is -0.443 e. The van der Waals surface area contributed by atoms with Gasteiger partial charge < -0.3 is 4.74 Å². The maximum atomic E-state index is 13.5.